The van der Waals surface area contributed by atoms with E-state index in [4.69, 9.17) is 0 Å². The number of nitrogens with zero attached hydrogens (tertiary/aromatic N) is 3. The molecule has 1 aromatic carbocycles. The molecule has 1 aliphatic rings. The maximum absolute atomic E-state index is 10.9. The van der Waals surface area contributed by atoms with Crippen molar-refractivity contribution >= 4 is 5.82 Å². The molecule has 3 rings (SSSR count). The molecule has 0 amide bonds. The monoisotopic (exact) mass is 269 g/mol. The van der Waals surface area contributed by atoms with Gasteiger partial charge in [0, 0.05) is 25.5 Å². The van der Waals surface area contributed by atoms with Crippen LogP contribution in [-0.4, -0.2) is 28.2 Å². The number of piperidine rings is 1. The Hall–Kier alpha value is -1.94. The van der Waals surface area contributed by atoms with Crippen LogP contribution in [0.2, 0.25) is 0 Å². The minimum atomic E-state index is -0.718. The summed E-state index contributed by atoms with van der Waals surface area (Å²) in [7, 11) is 0. The molecule has 0 radical (unpaired) electrons. The SMILES string of the molecule is Cc1cccc(C2(O)CCN(c3cnccn3)CC2)c1. The number of hydrogen-bond donors (Lipinski definition) is 1. The number of rotatable bonds is 2. The van der Waals surface area contributed by atoms with E-state index in [1.165, 1.54) is 5.56 Å². The molecule has 0 unspecified atom stereocenters. The van der Waals surface area contributed by atoms with E-state index < -0.39 is 5.60 Å². The van der Waals surface area contributed by atoms with Gasteiger partial charge in [-0.2, -0.15) is 0 Å². The molecule has 0 bridgehead atoms. The Balaban J connectivity index is 1.75. The highest BCUT2D eigenvalue weighted by atomic mass is 16.3. The van der Waals surface area contributed by atoms with Crippen LogP contribution in [0.4, 0.5) is 5.82 Å². The van der Waals surface area contributed by atoms with E-state index in [2.05, 4.69) is 33.9 Å². The predicted molar refractivity (Wildman–Crippen MR) is 78.6 cm³/mol. The predicted octanol–water partition coefficient (Wildman–Crippen LogP) is 2.27. The van der Waals surface area contributed by atoms with Gasteiger partial charge in [-0.25, -0.2) is 4.98 Å². The zero-order valence-corrected chi connectivity index (χ0v) is 11.7. The van der Waals surface area contributed by atoms with Crippen LogP contribution in [0, 0.1) is 6.92 Å². The zero-order valence-electron chi connectivity index (χ0n) is 11.7. The van der Waals surface area contributed by atoms with Gasteiger partial charge in [-0.05, 0) is 25.3 Å². The molecule has 1 N–H and O–H groups in total. The van der Waals surface area contributed by atoms with E-state index in [1.807, 2.05) is 12.1 Å². The quantitative estimate of drug-likeness (QED) is 0.908. The average molecular weight is 269 g/mol. The molecule has 2 heterocycles. The van der Waals surface area contributed by atoms with Gasteiger partial charge in [-0.3, -0.25) is 4.98 Å². The maximum Gasteiger partial charge on any atom is 0.147 e. The first-order chi connectivity index (χ1) is 9.67. The molecule has 0 aliphatic carbocycles. The molecule has 2 aromatic rings. The second kappa shape index (κ2) is 5.21. The Kier molecular flexibility index (Phi) is 3.40. The van der Waals surface area contributed by atoms with Crippen LogP contribution in [0.25, 0.3) is 0 Å². The van der Waals surface area contributed by atoms with Gasteiger partial charge in [0.2, 0.25) is 0 Å². The van der Waals surface area contributed by atoms with Gasteiger partial charge in [-0.15, -0.1) is 0 Å². The topological polar surface area (TPSA) is 49.2 Å². The van der Waals surface area contributed by atoms with Crippen molar-refractivity contribution in [1.29, 1.82) is 0 Å². The summed E-state index contributed by atoms with van der Waals surface area (Å²) in [4.78, 5) is 10.6. The lowest BCUT2D eigenvalue weighted by molar-refractivity contribution is 0.0116. The van der Waals surface area contributed by atoms with Crippen molar-refractivity contribution in [2.75, 3.05) is 18.0 Å². The second-order valence-electron chi connectivity index (χ2n) is 5.45. The highest BCUT2D eigenvalue weighted by molar-refractivity contribution is 5.37. The van der Waals surface area contributed by atoms with E-state index >= 15 is 0 Å². The van der Waals surface area contributed by atoms with Crippen molar-refractivity contribution in [3.63, 3.8) is 0 Å². The first-order valence-electron chi connectivity index (χ1n) is 6.98. The summed E-state index contributed by atoms with van der Waals surface area (Å²) in [6.07, 6.45) is 6.59. The van der Waals surface area contributed by atoms with Gasteiger partial charge >= 0.3 is 0 Å². The average Bonchev–Trinajstić information content (AvgIpc) is 2.49. The summed E-state index contributed by atoms with van der Waals surface area (Å²) in [5, 5.41) is 10.9. The molecule has 1 aromatic heterocycles. The standard InChI is InChI=1S/C16H19N3O/c1-13-3-2-4-14(11-13)16(20)5-9-19(10-6-16)15-12-17-7-8-18-15/h2-4,7-8,11-12,20H,5-6,9-10H2,1H3. The van der Waals surface area contributed by atoms with Crippen LogP contribution in [0.3, 0.4) is 0 Å². The van der Waals surface area contributed by atoms with Crippen molar-refractivity contribution in [3.05, 3.63) is 54.0 Å². The van der Waals surface area contributed by atoms with Crippen LogP contribution in [0.1, 0.15) is 24.0 Å². The Labute approximate surface area is 119 Å². The number of benzene rings is 1. The van der Waals surface area contributed by atoms with Crippen LogP contribution < -0.4 is 4.90 Å². The number of aliphatic hydroxyl groups is 1. The van der Waals surface area contributed by atoms with Crippen molar-refractivity contribution in [1.82, 2.24) is 9.97 Å². The van der Waals surface area contributed by atoms with E-state index in [9.17, 15) is 5.11 Å². The molecule has 1 aliphatic heterocycles. The van der Waals surface area contributed by atoms with E-state index in [1.54, 1.807) is 18.6 Å². The third kappa shape index (κ3) is 2.51. The van der Waals surface area contributed by atoms with E-state index in [-0.39, 0.29) is 0 Å². The molecule has 104 valence electrons. The lowest BCUT2D eigenvalue weighted by Gasteiger charge is -2.39. The third-order valence-corrected chi connectivity index (χ3v) is 4.02. The van der Waals surface area contributed by atoms with Crippen LogP contribution >= 0.6 is 0 Å². The van der Waals surface area contributed by atoms with Crippen molar-refractivity contribution in [2.24, 2.45) is 0 Å². The van der Waals surface area contributed by atoms with Gasteiger partial charge < -0.3 is 10.0 Å². The first-order valence-corrected chi connectivity index (χ1v) is 6.98. The highest BCUT2D eigenvalue weighted by Crippen LogP contribution is 2.34. The molecular formula is C16H19N3O. The lowest BCUT2D eigenvalue weighted by atomic mass is 9.84. The maximum atomic E-state index is 10.9. The van der Waals surface area contributed by atoms with Crippen molar-refractivity contribution < 1.29 is 5.11 Å². The van der Waals surface area contributed by atoms with Crippen LogP contribution in [0.5, 0.6) is 0 Å². The molecule has 0 spiro atoms. The smallest absolute Gasteiger partial charge is 0.147 e. The number of hydrogen-bond acceptors (Lipinski definition) is 4. The fraction of sp³-hybridized carbons (Fsp3) is 0.375. The van der Waals surface area contributed by atoms with Crippen molar-refractivity contribution in [2.45, 2.75) is 25.4 Å². The molecule has 4 heteroatoms. The van der Waals surface area contributed by atoms with Gasteiger partial charge in [0.1, 0.15) is 5.82 Å². The van der Waals surface area contributed by atoms with Gasteiger partial charge in [0.15, 0.2) is 0 Å². The molecule has 20 heavy (non-hydrogen) atoms. The molecule has 1 fully saturated rings. The third-order valence-electron chi connectivity index (χ3n) is 4.02. The largest absolute Gasteiger partial charge is 0.385 e. The molecule has 1 saturated heterocycles. The minimum Gasteiger partial charge on any atom is -0.385 e. The summed E-state index contributed by atoms with van der Waals surface area (Å²) in [6, 6.07) is 8.17. The Bertz CT molecular complexity index is 577. The highest BCUT2D eigenvalue weighted by Gasteiger charge is 2.34. The Morgan fingerprint density at radius 3 is 2.65 bits per heavy atom. The van der Waals surface area contributed by atoms with E-state index in [0.717, 1.165) is 24.5 Å². The minimum absolute atomic E-state index is 0.715. The molecule has 0 saturated carbocycles. The molecule has 4 nitrogen and oxygen atoms in total. The zero-order chi connectivity index (χ0) is 14.0. The number of anilines is 1. The van der Waals surface area contributed by atoms with Gasteiger partial charge in [0.25, 0.3) is 0 Å². The normalized spacial score (nSPS) is 18.0. The van der Waals surface area contributed by atoms with Gasteiger partial charge in [0.05, 0.1) is 11.8 Å². The number of aromatic nitrogens is 2. The Morgan fingerprint density at radius 1 is 1.20 bits per heavy atom. The summed E-state index contributed by atoms with van der Waals surface area (Å²) in [6.45, 7) is 3.65. The molecular weight excluding hydrogens is 250 g/mol. The summed E-state index contributed by atoms with van der Waals surface area (Å²) in [5.74, 6) is 0.888. The summed E-state index contributed by atoms with van der Waals surface area (Å²) in [5.41, 5.74) is 1.49. The first kappa shape index (κ1) is 13.1. The van der Waals surface area contributed by atoms with Crippen LogP contribution in [0.15, 0.2) is 42.9 Å². The fourth-order valence-electron chi connectivity index (χ4n) is 2.78. The second-order valence-corrected chi connectivity index (χ2v) is 5.45. The fourth-order valence-corrected chi connectivity index (χ4v) is 2.78. The van der Waals surface area contributed by atoms with Crippen molar-refractivity contribution in [3.8, 4) is 0 Å². The summed E-state index contributed by atoms with van der Waals surface area (Å²) < 4.78 is 0. The number of aryl methyl sites for hydroxylation is 1. The van der Waals surface area contributed by atoms with Crippen LogP contribution in [-0.2, 0) is 5.60 Å². The molecule has 0 atom stereocenters. The van der Waals surface area contributed by atoms with E-state index in [0.29, 0.717) is 12.8 Å². The summed E-state index contributed by atoms with van der Waals surface area (Å²) >= 11 is 0. The Morgan fingerprint density at radius 2 is 2.00 bits per heavy atom. The van der Waals surface area contributed by atoms with Gasteiger partial charge in [-0.1, -0.05) is 29.8 Å². The lowest BCUT2D eigenvalue weighted by Crippen LogP contribution is -2.43.